The summed E-state index contributed by atoms with van der Waals surface area (Å²) in [6.45, 7) is 6.92. The van der Waals surface area contributed by atoms with Crippen molar-refractivity contribution >= 4 is 5.91 Å². The fraction of sp³-hybridized carbons (Fsp3) is 0.400. The third-order valence-electron chi connectivity index (χ3n) is 2.56. The number of nitrogens with zero attached hydrogens (tertiary/aromatic N) is 3. The molecule has 0 aliphatic carbocycles. The zero-order chi connectivity index (χ0) is 10.1. The minimum Gasteiger partial charge on any atom is -0.329 e. The molecule has 1 aliphatic rings. The summed E-state index contributed by atoms with van der Waals surface area (Å²) in [5.41, 5.74) is 1.08. The number of amides is 1. The van der Waals surface area contributed by atoms with Crippen molar-refractivity contribution in [3.8, 4) is 0 Å². The van der Waals surface area contributed by atoms with Crippen LogP contribution in [0.4, 0.5) is 0 Å². The van der Waals surface area contributed by atoms with Crippen molar-refractivity contribution in [2.24, 2.45) is 0 Å². The minimum atomic E-state index is -0.00931. The third kappa shape index (κ3) is 1.32. The highest BCUT2D eigenvalue weighted by atomic mass is 16.2. The Balaban J connectivity index is 2.25. The van der Waals surface area contributed by atoms with E-state index in [0.717, 1.165) is 12.2 Å². The molecule has 4 heteroatoms. The molecule has 1 aromatic rings. The largest absolute Gasteiger partial charge is 0.329 e. The second-order valence-corrected chi connectivity index (χ2v) is 3.52. The highest BCUT2D eigenvalue weighted by Crippen LogP contribution is 2.16. The van der Waals surface area contributed by atoms with Crippen molar-refractivity contribution < 1.29 is 4.79 Å². The van der Waals surface area contributed by atoms with E-state index in [1.54, 1.807) is 6.20 Å². The SMILES string of the molecule is C=CC(=O)N1Cc2ccnn2CC1C. The van der Waals surface area contributed by atoms with Gasteiger partial charge >= 0.3 is 0 Å². The van der Waals surface area contributed by atoms with Crippen LogP contribution in [0.1, 0.15) is 12.6 Å². The molecule has 1 unspecified atom stereocenters. The average molecular weight is 191 g/mol. The molecule has 1 amide bonds. The van der Waals surface area contributed by atoms with Gasteiger partial charge in [-0.3, -0.25) is 9.48 Å². The van der Waals surface area contributed by atoms with Gasteiger partial charge in [-0.15, -0.1) is 0 Å². The van der Waals surface area contributed by atoms with Crippen molar-refractivity contribution in [1.82, 2.24) is 14.7 Å². The van der Waals surface area contributed by atoms with Gasteiger partial charge < -0.3 is 4.90 Å². The summed E-state index contributed by atoms with van der Waals surface area (Å²) in [5, 5.41) is 4.18. The van der Waals surface area contributed by atoms with Crippen LogP contribution in [0.3, 0.4) is 0 Å². The quantitative estimate of drug-likeness (QED) is 0.616. The molecular weight excluding hydrogens is 178 g/mol. The topological polar surface area (TPSA) is 38.1 Å². The fourth-order valence-corrected chi connectivity index (χ4v) is 1.75. The molecule has 14 heavy (non-hydrogen) atoms. The zero-order valence-electron chi connectivity index (χ0n) is 8.18. The molecule has 2 heterocycles. The van der Waals surface area contributed by atoms with Crippen LogP contribution >= 0.6 is 0 Å². The first-order valence-corrected chi connectivity index (χ1v) is 4.66. The lowest BCUT2D eigenvalue weighted by atomic mass is 10.2. The maximum atomic E-state index is 11.5. The molecule has 0 aromatic carbocycles. The molecule has 0 radical (unpaired) electrons. The van der Waals surface area contributed by atoms with Crippen LogP contribution in [0.15, 0.2) is 24.9 Å². The van der Waals surface area contributed by atoms with Gasteiger partial charge in [-0.25, -0.2) is 0 Å². The summed E-state index contributed by atoms with van der Waals surface area (Å²) < 4.78 is 1.94. The monoisotopic (exact) mass is 191 g/mol. The van der Waals surface area contributed by atoms with Gasteiger partial charge in [0.25, 0.3) is 0 Å². The van der Waals surface area contributed by atoms with Crippen molar-refractivity contribution in [2.75, 3.05) is 0 Å². The maximum Gasteiger partial charge on any atom is 0.246 e. The van der Waals surface area contributed by atoms with E-state index < -0.39 is 0 Å². The molecule has 1 aliphatic heterocycles. The predicted octanol–water partition coefficient (Wildman–Crippen LogP) is 0.800. The maximum absolute atomic E-state index is 11.5. The second kappa shape index (κ2) is 3.29. The average Bonchev–Trinajstić information content (AvgIpc) is 2.62. The van der Waals surface area contributed by atoms with E-state index in [9.17, 15) is 4.79 Å². The Morgan fingerprint density at radius 3 is 3.29 bits per heavy atom. The van der Waals surface area contributed by atoms with Crippen LogP contribution in [0.2, 0.25) is 0 Å². The van der Waals surface area contributed by atoms with E-state index in [0.29, 0.717) is 6.54 Å². The van der Waals surface area contributed by atoms with Crippen molar-refractivity contribution in [2.45, 2.75) is 26.1 Å². The summed E-state index contributed by atoms with van der Waals surface area (Å²) in [6, 6.07) is 2.13. The summed E-state index contributed by atoms with van der Waals surface area (Å²) in [4.78, 5) is 13.3. The molecule has 1 atom stereocenters. The lowest BCUT2D eigenvalue weighted by Crippen LogP contribution is -2.44. The molecule has 0 bridgehead atoms. The van der Waals surface area contributed by atoms with Gasteiger partial charge in [-0.1, -0.05) is 6.58 Å². The molecule has 1 aromatic heterocycles. The smallest absolute Gasteiger partial charge is 0.246 e. The summed E-state index contributed by atoms with van der Waals surface area (Å²) >= 11 is 0. The minimum absolute atomic E-state index is 0.00931. The Hall–Kier alpha value is -1.58. The zero-order valence-corrected chi connectivity index (χ0v) is 8.18. The van der Waals surface area contributed by atoms with E-state index in [1.165, 1.54) is 6.08 Å². The van der Waals surface area contributed by atoms with Crippen molar-refractivity contribution in [1.29, 1.82) is 0 Å². The highest BCUT2D eigenvalue weighted by molar-refractivity contribution is 5.87. The van der Waals surface area contributed by atoms with Gasteiger partial charge in [-0.05, 0) is 19.1 Å². The number of carbonyl (C=O) groups excluding carboxylic acids is 1. The normalized spacial score (nSPS) is 20.4. The number of hydrogen-bond donors (Lipinski definition) is 0. The van der Waals surface area contributed by atoms with Gasteiger partial charge in [0.1, 0.15) is 0 Å². The first-order valence-electron chi connectivity index (χ1n) is 4.66. The molecule has 4 nitrogen and oxygen atoms in total. The van der Waals surface area contributed by atoms with Crippen molar-refractivity contribution in [3.63, 3.8) is 0 Å². The van der Waals surface area contributed by atoms with E-state index in [2.05, 4.69) is 11.7 Å². The van der Waals surface area contributed by atoms with Crippen LogP contribution in [-0.4, -0.2) is 26.6 Å². The lowest BCUT2D eigenvalue weighted by Gasteiger charge is -2.33. The van der Waals surface area contributed by atoms with Crippen molar-refractivity contribution in [3.05, 3.63) is 30.6 Å². The molecule has 0 saturated heterocycles. The van der Waals surface area contributed by atoms with E-state index in [4.69, 9.17) is 0 Å². The summed E-state index contributed by atoms with van der Waals surface area (Å²) in [7, 11) is 0. The predicted molar refractivity (Wildman–Crippen MR) is 52.4 cm³/mol. The van der Waals surface area contributed by atoms with Gasteiger partial charge in [0.05, 0.1) is 18.8 Å². The Morgan fingerprint density at radius 1 is 1.79 bits per heavy atom. The van der Waals surface area contributed by atoms with Crippen LogP contribution in [0, 0.1) is 0 Å². The van der Waals surface area contributed by atoms with Gasteiger partial charge in [-0.2, -0.15) is 5.10 Å². The second-order valence-electron chi connectivity index (χ2n) is 3.52. The van der Waals surface area contributed by atoms with Gasteiger partial charge in [0.2, 0.25) is 5.91 Å². The highest BCUT2D eigenvalue weighted by Gasteiger charge is 2.25. The Morgan fingerprint density at radius 2 is 2.57 bits per heavy atom. The number of fused-ring (bicyclic) bond motifs is 1. The number of carbonyl (C=O) groups is 1. The standard InChI is InChI=1S/C10H13N3O/c1-3-10(14)12-7-9-4-5-11-13(9)6-8(12)2/h3-5,8H,1,6-7H2,2H3. The Kier molecular flexibility index (Phi) is 2.11. The molecular formula is C10H13N3O. The molecule has 74 valence electrons. The molecule has 0 fully saturated rings. The number of aromatic nitrogens is 2. The third-order valence-corrected chi connectivity index (χ3v) is 2.56. The van der Waals surface area contributed by atoms with E-state index in [1.807, 2.05) is 22.6 Å². The number of rotatable bonds is 1. The van der Waals surface area contributed by atoms with Crippen LogP contribution in [0.5, 0.6) is 0 Å². The molecule has 0 N–H and O–H groups in total. The van der Waals surface area contributed by atoms with Gasteiger partial charge in [0, 0.05) is 12.2 Å². The molecule has 0 spiro atoms. The van der Waals surface area contributed by atoms with Crippen LogP contribution in [-0.2, 0) is 17.9 Å². The Labute approximate surface area is 82.8 Å². The van der Waals surface area contributed by atoms with Crippen LogP contribution < -0.4 is 0 Å². The Bertz CT molecular complexity index is 369. The fourth-order valence-electron chi connectivity index (χ4n) is 1.75. The lowest BCUT2D eigenvalue weighted by molar-refractivity contribution is -0.129. The number of hydrogen-bond acceptors (Lipinski definition) is 2. The summed E-state index contributed by atoms with van der Waals surface area (Å²) in [5.74, 6) is -0.00931. The van der Waals surface area contributed by atoms with Gasteiger partial charge in [0.15, 0.2) is 0 Å². The van der Waals surface area contributed by atoms with E-state index in [-0.39, 0.29) is 11.9 Å². The first kappa shape index (κ1) is 8.99. The molecule has 0 saturated carbocycles. The van der Waals surface area contributed by atoms with Crippen LogP contribution in [0.25, 0.3) is 0 Å². The van der Waals surface area contributed by atoms with E-state index >= 15 is 0 Å². The first-order chi connectivity index (χ1) is 6.72. The molecule has 2 rings (SSSR count). The summed E-state index contributed by atoms with van der Waals surface area (Å²) in [6.07, 6.45) is 3.13.